The number of hydrogen-bond donors (Lipinski definition) is 0. The quantitative estimate of drug-likeness (QED) is 0.531. The van der Waals surface area contributed by atoms with Crippen molar-refractivity contribution >= 4 is 6.99 Å². The third-order valence-corrected chi connectivity index (χ3v) is 1.39. The molecule has 0 unspecified atom stereocenters. The molecule has 0 radical (unpaired) electrons. The minimum absolute atomic E-state index is 5.74. The Kier molecular flexibility index (Phi) is 3.49. The standard InChI is InChI=1S/C4BF11/c6-1(7,3(10,11)12)5(16)2(8,9)4(13,14)15. The molecule has 0 fully saturated rings. The van der Waals surface area contributed by atoms with Crippen LogP contribution in [0.5, 0.6) is 0 Å². The summed E-state index contributed by atoms with van der Waals surface area (Å²) in [5.41, 5.74) is 0. The Labute approximate surface area is 80.5 Å². The maximum Gasteiger partial charge on any atom is 0.525 e. The third kappa shape index (κ3) is 2.34. The molecule has 0 aliphatic rings. The molecule has 0 aliphatic heterocycles. The lowest BCUT2D eigenvalue weighted by Gasteiger charge is -2.27. The predicted octanol–water partition coefficient (Wildman–Crippen LogP) is 3.42. The van der Waals surface area contributed by atoms with E-state index in [2.05, 4.69) is 0 Å². The van der Waals surface area contributed by atoms with E-state index in [-0.39, 0.29) is 0 Å². The summed E-state index contributed by atoms with van der Waals surface area (Å²) in [6.07, 6.45) is -13.7. The molecule has 0 heterocycles. The van der Waals surface area contributed by atoms with Gasteiger partial charge in [0.15, 0.2) is 0 Å². The van der Waals surface area contributed by atoms with Gasteiger partial charge in [-0.2, -0.15) is 26.3 Å². The summed E-state index contributed by atoms with van der Waals surface area (Å²) in [5, 5.41) is 0. The molecule has 0 saturated carbocycles. The number of hydrogen-bond acceptors (Lipinski definition) is 0. The van der Waals surface area contributed by atoms with Crippen molar-refractivity contribution < 1.29 is 48.2 Å². The van der Waals surface area contributed by atoms with E-state index in [4.69, 9.17) is 0 Å². The van der Waals surface area contributed by atoms with Gasteiger partial charge in [0.25, 0.3) is 0 Å². The van der Waals surface area contributed by atoms with Gasteiger partial charge in [-0.15, -0.1) is 0 Å². The van der Waals surface area contributed by atoms with Crippen molar-refractivity contribution in [2.45, 2.75) is 24.0 Å². The zero-order chi connectivity index (χ0) is 13.6. The minimum Gasteiger partial charge on any atom is -0.319 e. The second-order valence-corrected chi connectivity index (χ2v) is 2.60. The second-order valence-electron chi connectivity index (χ2n) is 2.60. The summed E-state index contributed by atoms with van der Waals surface area (Å²) in [6.45, 7) is -5.74. The van der Waals surface area contributed by atoms with E-state index < -0.39 is 31.0 Å². The van der Waals surface area contributed by atoms with E-state index in [9.17, 15) is 48.2 Å². The first-order valence-electron chi connectivity index (χ1n) is 3.19. The molecule has 0 bridgehead atoms. The van der Waals surface area contributed by atoms with Crippen LogP contribution in [0.4, 0.5) is 48.2 Å². The van der Waals surface area contributed by atoms with Gasteiger partial charge in [0.05, 0.1) is 0 Å². The average Bonchev–Trinajstić information content (AvgIpc) is 1.98. The Hall–Kier alpha value is -0.705. The molecule has 0 N–H and O–H groups in total. The molecule has 0 aromatic carbocycles. The van der Waals surface area contributed by atoms with Crippen LogP contribution in [0, 0.1) is 0 Å². The van der Waals surface area contributed by atoms with Crippen molar-refractivity contribution in [1.29, 1.82) is 0 Å². The normalized spacial score (nSPS) is 15.2. The van der Waals surface area contributed by atoms with Crippen LogP contribution in [0.1, 0.15) is 0 Å². The summed E-state index contributed by atoms with van der Waals surface area (Å²) in [7, 11) is 0. The highest BCUT2D eigenvalue weighted by Gasteiger charge is 2.80. The molecule has 0 rings (SSSR count). The fourth-order valence-electron chi connectivity index (χ4n) is 0.515. The van der Waals surface area contributed by atoms with Gasteiger partial charge in [0, 0.05) is 0 Å². The highest BCUT2D eigenvalue weighted by atomic mass is 19.4. The van der Waals surface area contributed by atoms with Crippen molar-refractivity contribution in [3.8, 4) is 0 Å². The van der Waals surface area contributed by atoms with E-state index in [1.54, 1.807) is 0 Å². The van der Waals surface area contributed by atoms with E-state index in [0.717, 1.165) is 0 Å². The predicted molar refractivity (Wildman–Crippen MR) is 28.9 cm³/mol. The van der Waals surface area contributed by atoms with E-state index in [1.807, 2.05) is 0 Å². The molecule has 0 aromatic heterocycles. The van der Waals surface area contributed by atoms with Crippen molar-refractivity contribution in [2.24, 2.45) is 0 Å². The van der Waals surface area contributed by atoms with E-state index >= 15 is 0 Å². The summed E-state index contributed by atoms with van der Waals surface area (Å²) >= 11 is 0. The van der Waals surface area contributed by atoms with Crippen LogP contribution < -0.4 is 0 Å². The molecule has 16 heavy (non-hydrogen) atoms. The first kappa shape index (κ1) is 15.3. The van der Waals surface area contributed by atoms with Crippen LogP contribution in [-0.2, 0) is 0 Å². The van der Waals surface area contributed by atoms with Crippen molar-refractivity contribution in [1.82, 2.24) is 0 Å². The average molecular weight is 268 g/mol. The lowest BCUT2D eigenvalue weighted by atomic mass is 9.57. The lowest BCUT2D eigenvalue weighted by molar-refractivity contribution is -0.276. The van der Waals surface area contributed by atoms with Gasteiger partial charge < -0.3 is 4.32 Å². The molecule has 0 aliphatic carbocycles. The lowest BCUT2D eigenvalue weighted by Crippen LogP contribution is -2.61. The monoisotopic (exact) mass is 268 g/mol. The second kappa shape index (κ2) is 3.65. The van der Waals surface area contributed by atoms with Crippen LogP contribution >= 0.6 is 0 Å². The molecule has 0 aromatic rings. The maximum atomic E-state index is 12.0. The molecule has 0 spiro atoms. The highest BCUT2D eigenvalue weighted by Crippen LogP contribution is 2.47. The van der Waals surface area contributed by atoms with Gasteiger partial charge >= 0.3 is 31.0 Å². The van der Waals surface area contributed by atoms with Crippen LogP contribution in [-0.4, -0.2) is 31.0 Å². The summed E-state index contributed by atoms with van der Waals surface area (Å²) < 4.78 is 127. The van der Waals surface area contributed by atoms with Gasteiger partial charge in [-0.1, -0.05) is 0 Å². The maximum absolute atomic E-state index is 12.0. The molecular weight excluding hydrogens is 268 g/mol. The topological polar surface area (TPSA) is 0 Å². The first-order valence-corrected chi connectivity index (χ1v) is 3.19. The van der Waals surface area contributed by atoms with Crippen molar-refractivity contribution in [2.75, 3.05) is 0 Å². The van der Waals surface area contributed by atoms with Gasteiger partial charge in [0.2, 0.25) is 0 Å². The van der Waals surface area contributed by atoms with Gasteiger partial charge in [-0.3, -0.25) is 0 Å². The molecule has 96 valence electrons. The highest BCUT2D eigenvalue weighted by molar-refractivity contribution is 6.57. The molecular formula is C4BF11. The Morgan fingerprint density at radius 2 is 0.688 bits per heavy atom. The summed E-state index contributed by atoms with van der Waals surface area (Å²) in [5.74, 6) is -13.6. The van der Waals surface area contributed by atoms with Crippen LogP contribution in [0.15, 0.2) is 0 Å². The Morgan fingerprint density at radius 1 is 0.500 bits per heavy atom. The molecule has 0 nitrogen and oxygen atoms in total. The van der Waals surface area contributed by atoms with Crippen molar-refractivity contribution in [3.63, 3.8) is 0 Å². The molecule has 0 saturated heterocycles. The summed E-state index contributed by atoms with van der Waals surface area (Å²) in [6, 6.07) is 0. The zero-order valence-corrected chi connectivity index (χ0v) is 6.73. The smallest absolute Gasteiger partial charge is 0.319 e. The van der Waals surface area contributed by atoms with Crippen LogP contribution in [0.2, 0.25) is 0 Å². The third-order valence-electron chi connectivity index (χ3n) is 1.39. The largest absolute Gasteiger partial charge is 0.525 e. The van der Waals surface area contributed by atoms with E-state index in [0.29, 0.717) is 0 Å². The number of alkyl halides is 10. The molecule has 12 heteroatoms. The molecule has 0 amide bonds. The number of rotatable bonds is 2. The van der Waals surface area contributed by atoms with Gasteiger partial charge in [-0.05, 0) is 0 Å². The Morgan fingerprint density at radius 3 is 0.812 bits per heavy atom. The Bertz CT molecular complexity index is 222. The Balaban J connectivity index is 5.30. The zero-order valence-electron chi connectivity index (χ0n) is 6.73. The van der Waals surface area contributed by atoms with Crippen LogP contribution in [0.3, 0.4) is 0 Å². The first-order chi connectivity index (χ1) is 6.65. The SMILES string of the molecule is FB(C(F)(F)C(F)(F)F)C(F)(F)C(F)(F)F. The van der Waals surface area contributed by atoms with E-state index in [1.165, 1.54) is 0 Å². The van der Waals surface area contributed by atoms with Gasteiger partial charge in [-0.25, -0.2) is 17.6 Å². The fraction of sp³-hybridized carbons (Fsp3) is 1.00. The fourth-order valence-corrected chi connectivity index (χ4v) is 0.515. The minimum atomic E-state index is -6.85. The molecule has 0 atom stereocenters. The van der Waals surface area contributed by atoms with Crippen LogP contribution in [0.25, 0.3) is 0 Å². The van der Waals surface area contributed by atoms with Crippen molar-refractivity contribution in [3.05, 3.63) is 0 Å². The summed E-state index contributed by atoms with van der Waals surface area (Å²) in [4.78, 5) is 0. The van der Waals surface area contributed by atoms with Gasteiger partial charge in [0.1, 0.15) is 0 Å². The number of halogens is 11.